The van der Waals surface area contributed by atoms with E-state index in [4.69, 9.17) is 0 Å². The first kappa shape index (κ1) is 19.0. The molecule has 1 nitrogen and oxygen atoms in total. The van der Waals surface area contributed by atoms with Gasteiger partial charge in [-0.25, -0.2) is 0 Å². The second-order valence-corrected chi connectivity index (χ2v) is 6.02. The molecule has 0 unspecified atom stereocenters. The molecular formula is C14H18FeOP2. The van der Waals surface area contributed by atoms with Crippen LogP contribution in [0.1, 0.15) is 34.6 Å². The molecule has 0 aromatic rings. The van der Waals surface area contributed by atoms with Gasteiger partial charge in [0.05, 0.1) is 5.66 Å². The molecule has 0 bridgehead atoms. The Hall–Kier alpha value is 1.05. The Bertz CT molecular complexity index is 252. The summed E-state index contributed by atoms with van der Waals surface area (Å²) in [6.07, 6.45) is 6.51. The number of Topliss-reactive ketones (excluding diaryl/α,β-unsaturated/α-hetero) is 1. The van der Waals surface area contributed by atoms with Crippen molar-refractivity contribution in [1.29, 1.82) is 0 Å². The van der Waals surface area contributed by atoms with E-state index in [1.54, 1.807) is 6.92 Å². The first-order valence-electron chi connectivity index (χ1n) is 5.57. The summed E-state index contributed by atoms with van der Waals surface area (Å²) >= 11 is 0. The Labute approximate surface area is 127 Å². The average molecular weight is 320 g/mol. The summed E-state index contributed by atoms with van der Waals surface area (Å²) in [7, 11) is 2.43. The Morgan fingerprint density at radius 3 is 1.61 bits per heavy atom. The second-order valence-electron chi connectivity index (χ2n) is 4.24. The van der Waals surface area contributed by atoms with Crippen molar-refractivity contribution >= 4 is 22.9 Å². The quantitative estimate of drug-likeness (QED) is 0.497. The summed E-state index contributed by atoms with van der Waals surface area (Å²) in [5.41, 5.74) is 0.956. The van der Waals surface area contributed by atoms with Crippen molar-refractivity contribution in [2.24, 2.45) is 0 Å². The number of rotatable bonds is 1. The molecule has 0 aromatic carbocycles. The minimum absolute atomic E-state index is 0. The molecule has 0 saturated carbocycles. The topological polar surface area (TPSA) is 17.1 Å². The van der Waals surface area contributed by atoms with Crippen molar-refractivity contribution in [3.8, 4) is 0 Å². The second kappa shape index (κ2) is 9.07. The van der Waals surface area contributed by atoms with Gasteiger partial charge in [0.1, 0.15) is 5.78 Å². The molecule has 2 fully saturated rings. The molecule has 2 saturated heterocycles. The van der Waals surface area contributed by atoms with Crippen molar-refractivity contribution in [2.75, 3.05) is 0 Å². The van der Waals surface area contributed by atoms with Crippen LogP contribution in [0.5, 0.6) is 0 Å². The molecule has 10 radical (unpaired) electrons. The van der Waals surface area contributed by atoms with E-state index in [0.717, 1.165) is 20.2 Å². The van der Waals surface area contributed by atoms with E-state index in [-0.39, 0.29) is 22.9 Å². The summed E-state index contributed by atoms with van der Waals surface area (Å²) in [6.45, 7) is 9.96. The molecule has 0 amide bonds. The Morgan fingerprint density at radius 2 is 1.44 bits per heavy atom. The van der Waals surface area contributed by atoms with Crippen LogP contribution in [-0.2, 0) is 21.9 Å². The van der Waals surface area contributed by atoms with Crippen LogP contribution >= 0.6 is 17.2 Å². The summed E-state index contributed by atoms with van der Waals surface area (Å²) in [4.78, 5) is 10.9. The van der Waals surface area contributed by atoms with Crippen LogP contribution in [0.2, 0.25) is 0 Å². The van der Waals surface area contributed by atoms with Crippen molar-refractivity contribution < 1.29 is 21.9 Å². The first-order valence-corrected chi connectivity index (χ1v) is 7.56. The van der Waals surface area contributed by atoms with Crippen molar-refractivity contribution in [3.05, 3.63) is 47.8 Å². The molecule has 0 N–H and O–H groups in total. The average Bonchev–Trinajstić information content (AvgIpc) is 2.78. The molecular weight excluding hydrogens is 302 g/mol. The standard InChI is InChI=1S/C8H10OP.C6H8P.Fe/c1-5-4-10-8(6(5)2)7(3)9;1-5-3-7-4-6(5)2;/h4H,1-3H3;3-4H,1-2H3;. The van der Waals surface area contributed by atoms with Crippen LogP contribution in [-0.4, -0.2) is 5.78 Å². The Kier molecular flexibility index (Phi) is 9.60. The summed E-state index contributed by atoms with van der Waals surface area (Å²) in [6, 6.07) is 0. The van der Waals surface area contributed by atoms with Crippen molar-refractivity contribution in [1.82, 2.24) is 0 Å². The molecule has 2 rings (SSSR count). The van der Waals surface area contributed by atoms with Gasteiger partial charge in [-0.3, -0.25) is 4.79 Å². The number of hydrogen-bond acceptors (Lipinski definition) is 1. The minimum atomic E-state index is 0. The Balaban J connectivity index is 0.000000321. The Morgan fingerprint density at radius 1 is 0.944 bits per heavy atom. The predicted octanol–water partition coefficient (Wildman–Crippen LogP) is 4.87. The summed E-state index contributed by atoms with van der Waals surface area (Å²) < 4.78 is 0. The van der Waals surface area contributed by atoms with Gasteiger partial charge in [0, 0.05) is 17.1 Å². The number of hydrogen-bond donors (Lipinski definition) is 0. The third kappa shape index (κ3) is 5.58. The van der Waals surface area contributed by atoms with E-state index in [2.05, 4.69) is 32.3 Å². The molecule has 4 heteroatoms. The van der Waals surface area contributed by atoms with Crippen molar-refractivity contribution in [2.45, 2.75) is 34.6 Å². The maximum atomic E-state index is 10.9. The molecule has 18 heavy (non-hydrogen) atoms. The molecule has 2 aliphatic heterocycles. The smallest absolute Gasteiger partial charge is 0.142 e. The maximum Gasteiger partial charge on any atom is 0.142 e. The van der Waals surface area contributed by atoms with Crippen LogP contribution in [0.3, 0.4) is 0 Å². The minimum Gasteiger partial charge on any atom is -0.299 e. The predicted molar refractivity (Wildman–Crippen MR) is 76.3 cm³/mol. The largest absolute Gasteiger partial charge is 0.299 e. The fraction of sp³-hybridized carbons (Fsp3) is 0.357. The molecule has 0 atom stereocenters. The van der Waals surface area contributed by atoms with Crippen LogP contribution in [0.15, 0.2) is 0 Å². The first-order chi connectivity index (χ1) is 7.93. The molecule has 2 heterocycles. The maximum absolute atomic E-state index is 10.9. The van der Waals surface area contributed by atoms with Gasteiger partial charge >= 0.3 is 0 Å². The molecule has 0 aromatic heterocycles. The van der Waals surface area contributed by atoms with E-state index < -0.39 is 0 Å². The zero-order chi connectivity index (χ0) is 13.0. The molecule has 98 valence electrons. The zero-order valence-electron chi connectivity index (χ0n) is 11.4. The van der Waals surface area contributed by atoms with Crippen LogP contribution in [0, 0.1) is 47.8 Å². The van der Waals surface area contributed by atoms with E-state index in [0.29, 0.717) is 0 Å². The number of ketones is 1. The number of carbonyl (C=O) groups excluding carboxylic acids is 1. The monoisotopic (exact) mass is 320 g/mol. The van der Waals surface area contributed by atoms with Gasteiger partial charge in [0.2, 0.25) is 0 Å². The van der Waals surface area contributed by atoms with Crippen LogP contribution in [0.4, 0.5) is 0 Å². The van der Waals surface area contributed by atoms with E-state index >= 15 is 0 Å². The number of carbonyl (C=O) groups is 1. The fourth-order valence-corrected chi connectivity index (χ4v) is 3.36. The van der Waals surface area contributed by atoms with Gasteiger partial charge in [-0.15, -0.1) is 0 Å². The summed E-state index contributed by atoms with van der Waals surface area (Å²) in [5, 5.41) is 0. The van der Waals surface area contributed by atoms with E-state index in [1.807, 2.05) is 13.8 Å². The van der Waals surface area contributed by atoms with E-state index in [1.165, 1.54) is 26.3 Å². The third-order valence-electron chi connectivity index (χ3n) is 2.83. The van der Waals surface area contributed by atoms with Gasteiger partial charge in [0.25, 0.3) is 0 Å². The van der Waals surface area contributed by atoms with Gasteiger partial charge in [-0.2, -0.15) is 0 Å². The SMILES string of the molecule is C[C]1[CH][P][CH][C]1C.C[C]1[CH][P][C](C(C)=O)[C]1C.[Fe]. The van der Waals surface area contributed by atoms with E-state index in [9.17, 15) is 4.79 Å². The zero-order valence-corrected chi connectivity index (χ0v) is 14.3. The normalized spacial score (nSPS) is 24.9. The summed E-state index contributed by atoms with van der Waals surface area (Å²) in [5.74, 6) is 5.47. The van der Waals surface area contributed by atoms with Crippen molar-refractivity contribution in [3.63, 3.8) is 0 Å². The van der Waals surface area contributed by atoms with Crippen LogP contribution < -0.4 is 0 Å². The molecule has 0 spiro atoms. The van der Waals surface area contributed by atoms with Gasteiger partial charge in [-0.1, -0.05) is 44.9 Å². The van der Waals surface area contributed by atoms with Gasteiger partial charge in [-0.05, 0) is 49.1 Å². The fourth-order valence-electron chi connectivity index (χ4n) is 1.36. The van der Waals surface area contributed by atoms with Crippen LogP contribution in [0.25, 0.3) is 0 Å². The molecule has 2 aliphatic rings. The molecule has 0 aliphatic carbocycles. The third-order valence-corrected chi connectivity index (χ3v) is 5.32. The van der Waals surface area contributed by atoms with Gasteiger partial charge < -0.3 is 0 Å². The van der Waals surface area contributed by atoms with Gasteiger partial charge in [0.15, 0.2) is 0 Å².